The zero-order valence-corrected chi connectivity index (χ0v) is 8.86. The molecule has 2 rings (SSSR count). The number of hydrogen-bond acceptors (Lipinski definition) is 2. The Bertz CT molecular complexity index is 449. The summed E-state index contributed by atoms with van der Waals surface area (Å²) in [4.78, 5) is 4.42. The molecule has 1 N–H and O–H groups in total. The molecule has 1 aromatic carbocycles. The van der Waals surface area contributed by atoms with E-state index in [0.29, 0.717) is 0 Å². The molecule has 3 heteroatoms. The summed E-state index contributed by atoms with van der Waals surface area (Å²) in [5, 5.41) is 7.00. The van der Waals surface area contributed by atoms with Crippen molar-refractivity contribution in [2.45, 2.75) is 13.8 Å². The van der Waals surface area contributed by atoms with Crippen LogP contribution >= 0.6 is 0 Å². The summed E-state index contributed by atoms with van der Waals surface area (Å²) in [6, 6.07) is 10.0. The van der Waals surface area contributed by atoms with Gasteiger partial charge in [-0.3, -0.25) is 10.1 Å². The van der Waals surface area contributed by atoms with Crippen molar-refractivity contribution in [3.8, 4) is 0 Å². The number of nitrogens with one attached hydrogen (secondary N) is 1. The molecule has 0 fully saturated rings. The van der Waals surface area contributed by atoms with Gasteiger partial charge in [-0.2, -0.15) is 5.10 Å². The van der Waals surface area contributed by atoms with Gasteiger partial charge in [-0.25, -0.2) is 0 Å². The molecule has 1 aromatic heterocycles. The molecular weight excluding hydrogens is 186 g/mol. The fraction of sp³-hybridized carbons (Fsp3) is 0.167. The molecular formula is C12H13N3. The molecule has 0 bridgehead atoms. The highest BCUT2D eigenvalue weighted by Gasteiger charge is 2.02. The molecule has 76 valence electrons. The fourth-order valence-electron chi connectivity index (χ4n) is 1.41. The standard InChI is InChI=1S/C12H13N3/c1-9-12(10(2)15-14-9)13-8-11-6-4-3-5-7-11/h3-8H,1-2H3,(H,14,15). The van der Waals surface area contributed by atoms with Crippen LogP contribution in [0.15, 0.2) is 35.3 Å². The van der Waals surface area contributed by atoms with E-state index in [1.54, 1.807) is 0 Å². The van der Waals surface area contributed by atoms with Crippen LogP contribution in [0.1, 0.15) is 17.0 Å². The molecule has 15 heavy (non-hydrogen) atoms. The molecule has 0 atom stereocenters. The molecule has 0 amide bonds. The number of benzene rings is 1. The van der Waals surface area contributed by atoms with E-state index in [2.05, 4.69) is 15.2 Å². The second-order valence-electron chi connectivity index (χ2n) is 3.45. The third-order valence-corrected chi connectivity index (χ3v) is 2.23. The van der Waals surface area contributed by atoms with E-state index in [4.69, 9.17) is 0 Å². The lowest BCUT2D eigenvalue weighted by atomic mass is 10.2. The van der Waals surface area contributed by atoms with Crippen molar-refractivity contribution in [3.63, 3.8) is 0 Å². The zero-order chi connectivity index (χ0) is 10.7. The summed E-state index contributed by atoms with van der Waals surface area (Å²) in [5.41, 5.74) is 3.95. The smallest absolute Gasteiger partial charge is 0.106 e. The normalized spacial score (nSPS) is 11.1. The molecule has 3 nitrogen and oxygen atoms in total. The number of aryl methyl sites for hydroxylation is 2. The molecule has 0 aliphatic carbocycles. The van der Waals surface area contributed by atoms with Crippen molar-refractivity contribution >= 4 is 11.9 Å². The second-order valence-corrected chi connectivity index (χ2v) is 3.45. The minimum absolute atomic E-state index is 0.929. The van der Waals surface area contributed by atoms with Gasteiger partial charge in [0.2, 0.25) is 0 Å². The van der Waals surface area contributed by atoms with Gasteiger partial charge in [-0.1, -0.05) is 30.3 Å². The maximum Gasteiger partial charge on any atom is 0.106 e. The Hall–Kier alpha value is -1.90. The number of nitrogens with zero attached hydrogens (tertiary/aromatic N) is 2. The molecule has 1 heterocycles. The summed E-state index contributed by atoms with van der Waals surface area (Å²) in [5.74, 6) is 0. The topological polar surface area (TPSA) is 41.0 Å². The Morgan fingerprint density at radius 1 is 1.20 bits per heavy atom. The largest absolute Gasteiger partial charge is 0.280 e. The monoisotopic (exact) mass is 199 g/mol. The van der Waals surface area contributed by atoms with E-state index in [1.807, 2.05) is 50.4 Å². The molecule has 0 aliphatic heterocycles. The average molecular weight is 199 g/mol. The van der Waals surface area contributed by atoms with Gasteiger partial charge in [-0.15, -0.1) is 0 Å². The summed E-state index contributed by atoms with van der Waals surface area (Å²) in [6.07, 6.45) is 1.85. The van der Waals surface area contributed by atoms with Crippen molar-refractivity contribution in [1.29, 1.82) is 0 Å². The maximum atomic E-state index is 4.42. The molecule has 0 unspecified atom stereocenters. The summed E-state index contributed by atoms with van der Waals surface area (Å²) >= 11 is 0. The van der Waals surface area contributed by atoms with Crippen LogP contribution in [-0.2, 0) is 0 Å². The Kier molecular flexibility index (Phi) is 2.63. The van der Waals surface area contributed by atoms with Gasteiger partial charge >= 0.3 is 0 Å². The van der Waals surface area contributed by atoms with Crippen LogP contribution in [0.5, 0.6) is 0 Å². The number of aromatic nitrogens is 2. The molecule has 0 aliphatic rings. The van der Waals surface area contributed by atoms with Crippen molar-refractivity contribution in [3.05, 3.63) is 47.3 Å². The number of hydrogen-bond donors (Lipinski definition) is 1. The summed E-state index contributed by atoms with van der Waals surface area (Å²) in [6.45, 7) is 3.92. The van der Waals surface area contributed by atoms with Crippen LogP contribution in [0.2, 0.25) is 0 Å². The minimum atomic E-state index is 0.929. The van der Waals surface area contributed by atoms with Gasteiger partial charge in [-0.05, 0) is 19.4 Å². The van der Waals surface area contributed by atoms with Crippen molar-refractivity contribution in [1.82, 2.24) is 10.2 Å². The Morgan fingerprint density at radius 2 is 1.93 bits per heavy atom. The van der Waals surface area contributed by atoms with Gasteiger partial charge < -0.3 is 0 Å². The van der Waals surface area contributed by atoms with Gasteiger partial charge in [0.05, 0.1) is 11.4 Å². The molecule has 0 spiro atoms. The second kappa shape index (κ2) is 4.09. The first-order chi connectivity index (χ1) is 7.27. The van der Waals surface area contributed by atoms with Crippen LogP contribution in [-0.4, -0.2) is 16.4 Å². The van der Waals surface area contributed by atoms with E-state index in [-0.39, 0.29) is 0 Å². The highest BCUT2D eigenvalue weighted by Crippen LogP contribution is 2.19. The Balaban J connectivity index is 2.26. The van der Waals surface area contributed by atoms with E-state index in [1.165, 1.54) is 0 Å². The van der Waals surface area contributed by atoms with Crippen LogP contribution in [0, 0.1) is 13.8 Å². The number of aliphatic imine (C=N–C) groups is 1. The average Bonchev–Trinajstić information content (AvgIpc) is 2.58. The highest BCUT2D eigenvalue weighted by molar-refractivity contribution is 5.82. The van der Waals surface area contributed by atoms with Crippen LogP contribution in [0.4, 0.5) is 5.69 Å². The van der Waals surface area contributed by atoms with Crippen LogP contribution in [0.3, 0.4) is 0 Å². The lowest BCUT2D eigenvalue weighted by molar-refractivity contribution is 1.02. The fourth-order valence-corrected chi connectivity index (χ4v) is 1.41. The molecule has 2 aromatic rings. The van der Waals surface area contributed by atoms with Gasteiger partial charge in [0, 0.05) is 6.21 Å². The molecule has 0 saturated carbocycles. The SMILES string of the molecule is Cc1n[nH]c(C)c1N=Cc1ccccc1. The van der Waals surface area contributed by atoms with E-state index < -0.39 is 0 Å². The van der Waals surface area contributed by atoms with Crippen molar-refractivity contribution < 1.29 is 0 Å². The summed E-state index contributed by atoms with van der Waals surface area (Å²) < 4.78 is 0. The summed E-state index contributed by atoms with van der Waals surface area (Å²) in [7, 11) is 0. The quantitative estimate of drug-likeness (QED) is 0.742. The first-order valence-corrected chi connectivity index (χ1v) is 4.88. The maximum absolute atomic E-state index is 4.42. The molecule has 0 radical (unpaired) electrons. The third-order valence-electron chi connectivity index (χ3n) is 2.23. The lowest BCUT2D eigenvalue weighted by Gasteiger charge is -1.93. The van der Waals surface area contributed by atoms with E-state index in [0.717, 1.165) is 22.6 Å². The predicted octanol–water partition coefficient (Wildman–Crippen LogP) is 2.78. The van der Waals surface area contributed by atoms with E-state index in [9.17, 15) is 0 Å². The number of H-pyrrole nitrogens is 1. The number of aromatic amines is 1. The van der Waals surface area contributed by atoms with E-state index >= 15 is 0 Å². The number of rotatable bonds is 2. The molecule has 0 saturated heterocycles. The van der Waals surface area contributed by atoms with Crippen molar-refractivity contribution in [2.24, 2.45) is 4.99 Å². The zero-order valence-electron chi connectivity index (χ0n) is 8.86. The van der Waals surface area contributed by atoms with Gasteiger partial charge in [0.25, 0.3) is 0 Å². The minimum Gasteiger partial charge on any atom is -0.280 e. The first kappa shape index (κ1) is 9.65. The van der Waals surface area contributed by atoms with Crippen LogP contribution < -0.4 is 0 Å². The first-order valence-electron chi connectivity index (χ1n) is 4.88. The Morgan fingerprint density at radius 3 is 2.53 bits per heavy atom. The van der Waals surface area contributed by atoms with Gasteiger partial charge in [0.15, 0.2) is 0 Å². The highest BCUT2D eigenvalue weighted by atomic mass is 15.1. The van der Waals surface area contributed by atoms with Crippen LogP contribution in [0.25, 0.3) is 0 Å². The van der Waals surface area contributed by atoms with Crippen molar-refractivity contribution in [2.75, 3.05) is 0 Å². The lowest BCUT2D eigenvalue weighted by Crippen LogP contribution is -1.79. The third kappa shape index (κ3) is 2.13. The predicted molar refractivity (Wildman–Crippen MR) is 61.8 cm³/mol. The Labute approximate surface area is 88.9 Å². The van der Waals surface area contributed by atoms with Gasteiger partial charge in [0.1, 0.15) is 5.69 Å².